The zero-order chi connectivity index (χ0) is 17.1. The third kappa shape index (κ3) is 7.17. The van der Waals surface area contributed by atoms with Crippen LogP contribution in [0.3, 0.4) is 0 Å². The highest BCUT2D eigenvalue weighted by atomic mass is 16.5. The molecule has 0 saturated carbocycles. The molecule has 0 saturated heterocycles. The van der Waals surface area contributed by atoms with E-state index in [1.165, 1.54) is 7.11 Å². The maximum absolute atomic E-state index is 12.5. The van der Waals surface area contributed by atoms with E-state index in [-0.39, 0.29) is 17.9 Å². The van der Waals surface area contributed by atoms with Crippen LogP contribution in [0.2, 0.25) is 0 Å². The van der Waals surface area contributed by atoms with Gasteiger partial charge in [0.15, 0.2) is 0 Å². The number of anilines is 1. The Morgan fingerprint density at radius 2 is 1.87 bits per heavy atom. The van der Waals surface area contributed by atoms with E-state index in [0.29, 0.717) is 13.1 Å². The highest BCUT2D eigenvalue weighted by Gasteiger charge is 2.21. The first-order valence-corrected chi connectivity index (χ1v) is 8.27. The van der Waals surface area contributed by atoms with Gasteiger partial charge in [0.25, 0.3) is 0 Å². The molecule has 0 aliphatic carbocycles. The molecule has 128 valence electrons. The normalized spacial score (nSPS) is 11.6. The fraction of sp³-hybridized carbons (Fsp3) is 0.556. The topological polar surface area (TPSA) is 58.6 Å². The van der Waals surface area contributed by atoms with Crippen molar-refractivity contribution in [2.75, 3.05) is 25.5 Å². The summed E-state index contributed by atoms with van der Waals surface area (Å²) >= 11 is 0. The number of nitrogens with one attached hydrogen (secondary N) is 1. The molecule has 1 rings (SSSR count). The lowest BCUT2D eigenvalue weighted by Crippen LogP contribution is -2.40. The lowest BCUT2D eigenvalue weighted by Gasteiger charge is -2.25. The van der Waals surface area contributed by atoms with E-state index < -0.39 is 0 Å². The Balaban J connectivity index is 2.64. The number of urea groups is 1. The monoisotopic (exact) mass is 320 g/mol. The van der Waals surface area contributed by atoms with Crippen molar-refractivity contribution < 1.29 is 14.3 Å². The van der Waals surface area contributed by atoms with Gasteiger partial charge in [0.05, 0.1) is 13.0 Å². The van der Waals surface area contributed by atoms with E-state index in [9.17, 15) is 9.59 Å². The Hall–Kier alpha value is -2.04. The smallest absolute Gasteiger partial charge is 0.321 e. The molecule has 1 atom stereocenters. The van der Waals surface area contributed by atoms with Crippen molar-refractivity contribution in [3.05, 3.63) is 30.3 Å². The van der Waals surface area contributed by atoms with Gasteiger partial charge in [0.2, 0.25) is 0 Å². The number of amides is 2. The summed E-state index contributed by atoms with van der Waals surface area (Å²) in [5.41, 5.74) is 0.752. The van der Waals surface area contributed by atoms with Crippen molar-refractivity contribution in [2.24, 2.45) is 5.92 Å². The minimum Gasteiger partial charge on any atom is -0.469 e. The Morgan fingerprint density at radius 1 is 1.17 bits per heavy atom. The van der Waals surface area contributed by atoms with Crippen LogP contribution in [-0.2, 0) is 9.53 Å². The molecular weight excluding hydrogens is 292 g/mol. The average molecular weight is 320 g/mol. The fourth-order valence-corrected chi connectivity index (χ4v) is 2.34. The van der Waals surface area contributed by atoms with Crippen LogP contribution in [0, 0.1) is 5.92 Å². The molecule has 2 amide bonds. The van der Waals surface area contributed by atoms with Crippen LogP contribution in [0.1, 0.15) is 39.5 Å². The van der Waals surface area contributed by atoms with Gasteiger partial charge in [-0.15, -0.1) is 0 Å². The summed E-state index contributed by atoms with van der Waals surface area (Å²) in [5, 5.41) is 2.88. The molecule has 0 aromatic heterocycles. The van der Waals surface area contributed by atoms with Gasteiger partial charge < -0.3 is 15.0 Å². The molecule has 0 aliphatic rings. The largest absolute Gasteiger partial charge is 0.469 e. The van der Waals surface area contributed by atoms with E-state index in [4.69, 9.17) is 4.74 Å². The van der Waals surface area contributed by atoms with Crippen LogP contribution in [0.15, 0.2) is 30.3 Å². The number of hydrogen-bond donors (Lipinski definition) is 1. The number of para-hydroxylation sites is 1. The number of benzene rings is 1. The van der Waals surface area contributed by atoms with Crippen LogP contribution < -0.4 is 5.32 Å². The number of hydrogen-bond acceptors (Lipinski definition) is 3. The molecule has 1 N–H and O–H groups in total. The van der Waals surface area contributed by atoms with Gasteiger partial charge in [0, 0.05) is 18.8 Å². The van der Waals surface area contributed by atoms with Crippen molar-refractivity contribution in [2.45, 2.75) is 39.5 Å². The zero-order valence-corrected chi connectivity index (χ0v) is 14.4. The lowest BCUT2D eigenvalue weighted by atomic mass is 10.1. The summed E-state index contributed by atoms with van der Waals surface area (Å²) in [5.74, 6) is -0.635. The molecule has 0 aliphatic heterocycles. The first kappa shape index (κ1) is 19.0. The molecule has 23 heavy (non-hydrogen) atoms. The molecule has 0 fully saturated rings. The van der Waals surface area contributed by atoms with Gasteiger partial charge in [-0.3, -0.25) is 4.79 Å². The second-order valence-electron chi connectivity index (χ2n) is 5.73. The van der Waals surface area contributed by atoms with Gasteiger partial charge in [-0.2, -0.15) is 0 Å². The van der Waals surface area contributed by atoms with Gasteiger partial charge in [0.1, 0.15) is 0 Å². The Kier molecular flexibility index (Phi) is 8.80. The standard InChI is InChI=1S/C18H28N2O3/c1-4-5-6-10-13-20(14-15(2)17(21)23-3)18(22)19-16-11-8-7-9-12-16/h7-9,11-12,15H,4-6,10,13-14H2,1-3H3,(H,19,22). The van der Waals surface area contributed by atoms with Crippen molar-refractivity contribution in [3.8, 4) is 0 Å². The van der Waals surface area contributed by atoms with Gasteiger partial charge in [-0.05, 0) is 18.6 Å². The summed E-state index contributed by atoms with van der Waals surface area (Å²) < 4.78 is 4.76. The fourth-order valence-electron chi connectivity index (χ4n) is 2.34. The predicted molar refractivity (Wildman–Crippen MR) is 92.4 cm³/mol. The predicted octanol–water partition coefficient (Wildman–Crippen LogP) is 3.91. The van der Waals surface area contributed by atoms with Crippen LogP contribution in [0.25, 0.3) is 0 Å². The minimum atomic E-state index is -0.340. The molecular formula is C18H28N2O3. The molecule has 0 heterocycles. The molecule has 0 bridgehead atoms. The Labute approximate surface area is 139 Å². The van der Waals surface area contributed by atoms with E-state index in [1.54, 1.807) is 11.8 Å². The summed E-state index contributed by atoms with van der Waals surface area (Å²) in [7, 11) is 1.37. The van der Waals surface area contributed by atoms with E-state index >= 15 is 0 Å². The number of carbonyl (C=O) groups excluding carboxylic acids is 2. The van der Waals surface area contributed by atoms with Gasteiger partial charge in [-0.25, -0.2) is 4.79 Å². The second kappa shape index (κ2) is 10.6. The maximum atomic E-state index is 12.5. The number of nitrogens with zero attached hydrogens (tertiary/aromatic N) is 1. The van der Waals surface area contributed by atoms with E-state index in [0.717, 1.165) is 31.4 Å². The number of methoxy groups -OCH3 is 1. The van der Waals surface area contributed by atoms with E-state index in [1.807, 2.05) is 30.3 Å². The van der Waals surface area contributed by atoms with Crippen LogP contribution in [0.5, 0.6) is 0 Å². The zero-order valence-electron chi connectivity index (χ0n) is 14.4. The SMILES string of the molecule is CCCCCCN(CC(C)C(=O)OC)C(=O)Nc1ccccc1. The molecule has 1 aromatic carbocycles. The highest BCUT2D eigenvalue weighted by molar-refractivity contribution is 5.89. The third-order valence-electron chi connectivity index (χ3n) is 3.69. The quantitative estimate of drug-likeness (QED) is 0.554. The number of carbonyl (C=O) groups is 2. The summed E-state index contributed by atoms with van der Waals surface area (Å²) in [6.07, 6.45) is 4.32. The number of rotatable bonds is 9. The second-order valence-corrected chi connectivity index (χ2v) is 5.73. The molecule has 0 radical (unpaired) electrons. The van der Waals surface area contributed by atoms with Crippen molar-refractivity contribution >= 4 is 17.7 Å². The first-order valence-electron chi connectivity index (χ1n) is 8.27. The molecule has 5 nitrogen and oxygen atoms in total. The first-order chi connectivity index (χ1) is 11.1. The molecule has 5 heteroatoms. The Morgan fingerprint density at radius 3 is 2.48 bits per heavy atom. The third-order valence-corrected chi connectivity index (χ3v) is 3.69. The summed E-state index contributed by atoms with van der Waals surface area (Å²) in [4.78, 5) is 25.8. The van der Waals surface area contributed by atoms with Crippen molar-refractivity contribution in [3.63, 3.8) is 0 Å². The van der Waals surface area contributed by atoms with E-state index in [2.05, 4.69) is 12.2 Å². The minimum absolute atomic E-state index is 0.177. The van der Waals surface area contributed by atoms with Crippen LogP contribution in [-0.4, -0.2) is 37.1 Å². The van der Waals surface area contributed by atoms with Gasteiger partial charge >= 0.3 is 12.0 Å². The molecule has 1 aromatic rings. The highest BCUT2D eigenvalue weighted by Crippen LogP contribution is 2.11. The summed E-state index contributed by atoms with van der Waals surface area (Å²) in [6, 6.07) is 9.16. The number of esters is 1. The van der Waals surface area contributed by atoms with Crippen molar-refractivity contribution in [1.29, 1.82) is 0 Å². The Bertz CT molecular complexity index is 476. The van der Waals surface area contributed by atoms with Crippen molar-refractivity contribution in [1.82, 2.24) is 4.90 Å². The van der Waals surface area contributed by atoms with Gasteiger partial charge in [-0.1, -0.05) is 51.3 Å². The average Bonchev–Trinajstić information content (AvgIpc) is 2.57. The maximum Gasteiger partial charge on any atom is 0.321 e. The number of unbranched alkanes of at least 4 members (excludes halogenated alkanes) is 3. The molecule has 0 spiro atoms. The van der Waals surface area contributed by atoms with Crippen LogP contribution >= 0.6 is 0 Å². The lowest BCUT2D eigenvalue weighted by molar-refractivity contribution is -0.145. The molecule has 1 unspecified atom stereocenters. The number of ether oxygens (including phenoxy) is 1. The summed E-state index contributed by atoms with van der Waals surface area (Å²) in [6.45, 7) is 4.93. The van der Waals surface area contributed by atoms with Crippen LogP contribution in [0.4, 0.5) is 10.5 Å².